The van der Waals surface area contributed by atoms with Gasteiger partial charge in [0.1, 0.15) is 22.1 Å². The molecule has 2 atom stereocenters. The molecular weight excluding hydrogens is 714 g/mol. The summed E-state index contributed by atoms with van der Waals surface area (Å²) in [5.74, 6) is -1.19. The first-order valence-electron chi connectivity index (χ1n) is 16.5. The molecule has 51 heavy (non-hydrogen) atoms. The fraction of sp³-hybridized carbons (Fsp3) is 0.306. The number of halogens is 1. The molecule has 5 aromatic rings. The lowest BCUT2D eigenvalue weighted by Gasteiger charge is -2.43. The number of benzene rings is 2. The summed E-state index contributed by atoms with van der Waals surface area (Å²) in [6.07, 6.45) is 2.03. The normalized spacial score (nSPS) is 19.5. The van der Waals surface area contributed by atoms with E-state index < -0.39 is 32.9 Å². The molecule has 0 saturated carbocycles. The van der Waals surface area contributed by atoms with Crippen molar-refractivity contribution in [3.63, 3.8) is 0 Å². The van der Waals surface area contributed by atoms with Crippen LogP contribution in [0.4, 0.5) is 10.1 Å². The zero-order chi connectivity index (χ0) is 35.8. The van der Waals surface area contributed by atoms with Crippen molar-refractivity contribution in [2.24, 2.45) is 5.92 Å². The van der Waals surface area contributed by atoms with Gasteiger partial charge in [-0.15, -0.1) is 22.7 Å². The van der Waals surface area contributed by atoms with Crippen LogP contribution < -0.4 is 16.0 Å². The lowest BCUT2D eigenvalue weighted by atomic mass is 9.80. The largest absolute Gasteiger partial charge is 0.437 e. The number of rotatable bonds is 9. The van der Waals surface area contributed by atoms with E-state index in [0.29, 0.717) is 6.42 Å². The molecule has 1 amide bonds. The highest BCUT2D eigenvalue weighted by Gasteiger charge is 2.43. The van der Waals surface area contributed by atoms with Crippen LogP contribution in [0.15, 0.2) is 99.6 Å². The van der Waals surface area contributed by atoms with Crippen LogP contribution in [0.5, 0.6) is 11.6 Å². The number of ether oxygens (including phenoxy) is 1. The number of sulfonamides is 1. The minimum Gasteiger partial charge on any atom is -0.437 e. The Kier molecular flexibility index (Phi) is 9.82. The maximum Gasteiger partial charge on any atom is 0.280 e. The predicted octanol–water partition coefficient (Wildman–Crippen LogP) is 5.40. The molecule has 2 aliphatic rings. The van der Waals surface area contributed by atoms with Gasteiger partial charge in [0.15, 0.2) is 5.69 Å². The van der Waals surface area contributed by atoms with Gasteiger partial charge in [-0.1, -0.05) is 36.4 Å². The first-order valence-corrected chi connectivity index (χ1v) is 19.6. The monoisotopic (exact) mass is 749 g/mol. The number of likely N-dealkylation sites (tertiary alicyclic amines) is 1. The second-order valence-electron chi connectivity index (χ2n) is 12.9. The Hall–Kier alpha value is -4.41. The first kappa shape index (κ1) is 35.0. The molecule has 0 spiro atoms. The van der Waals surface area contributed by atoms with Gasteiger partial charge < -0.3 is 20.5 Å². The van der Waals surface area contributed by atoms with Gasteiger partial charge in [-0.05, 0) is 72.7 Å². The second-order valence-corrected chi connectivity index (χ2v) is 17.1. The van der Waals surface area contributed by atoms with Crippen molar-refractivity contribution in [3.05, 3.63) is 112 Å². The van der Waals surface area contributed by atoms with Gasteiger partial charge in [0.25, 0.3) is 15.6 Å². The van der Waals surface area contributed by atoms with Crippen LogP contribution in [0.1, 0.15) is 30.7 Å². The van der Waals surface area contributed by atoms with Crippen LogP contribution >= 0.6 is 22.7 Å². The summed E-state index contributed by atoms with van der Waals surface area (Å²) in [4.78, 5) is 35.0. The number of nitrogens with two attached hydrogens (primary N) is 1. The Bertz CT molecular complexity index is 2170. The molecular formula is C36H36FN5O6S3. The van der Waals surface area contributed by atoms with Crippen molar-refractivity contribution in [2.75, 3.05) is 31.9 Å². The summed E-state index contributed by atoms with van der Waals surface area (Å²) >= 11 is 2.81. The number of anilines is 1. The Morgan fingerprint density at radius 3 is 2.45 bits per heavy atom. The molecule has 0 aliphatic carbocycles. The van der Waals surface area contributed by atoms with E-state index in [2.05, 4.69) is 4.98 Å². The van der Waals surface area contributed by atoms with Crippen LogP contribution in [0.3, 0.4) is 0 Å². The van der Waals surface area contributed by atoms with Crippen LogP contribution in [0.25, 0.3) is 9.75 Å². The molecule has 15 heteroatoms. The van der Waals surface area contributed by atoms with Gasteiger partial charge in [-0.3, -0.25) is 14.2 Å². The summed E-state index contributed by atoms with van der Waals surface area (Å²) in [5, 5.41) is 13.5. The summed E-state index contributed by atoms with van der Waals surface area (Å²) in [6.45, 7) is 0.829. The number of aromatic nitrogens is 2. The van der Waals surface area contributed by atoms with E-state index in [1.165, 1.54) is 50.8 Å². The Morgan fingerprint density at radius 2 is 1.75 bits per heavy atom. The van der Waals surface area contributed by atoms with Gasteiger partial charge in [0.05, 0.1) is 12.1 Å². The van der Waals surface area contributed by atoms with E-state index in [4.69, 9.17) is 10.5 Å². The molecule has 0 bridgehead atoms. The van der Waals surface area contributed by atoms with Crippen molar-refractivity contribution in [3.8, 4) is 21.4 Å². The number of carbonyl (C=O) groups is 1. The fourth-order valence-corrected chi connectivity index (χ4v) is 10.5. The third kappa shape index (κ3) is 7.35. The van der Waals surface area contributed by atoms with E-state index in [9.17, 15) is 27.5 Å². The smallest absolute Gasteiger partial charge is 0.280 e. The van der Waals surface area contributed by atoms with Gasteiger partial charge in [-0.2, -0.15) is 4.31 Å². The number of nitrogen functional groups attached to an aromatic ring is 1. The molecule has 2 aromatic carbocycles. The van der Waals surface area contributed by atoms with Gasteiger partial charge in [0.2, 0.25) is 11.8 Å². The summed E-state index contributed by atoms with van der Waals surface area (Å²) in [6, 6.07) is 22.1. The van der Waals surface area contributed by atoms with Crippen LogP contribution in [-0.2, 0) is 21.4 Å². The number of aliphatic hydroxyl groups is 1. The van der Waals surface area contributed by atoms with Crippen molar-refractivity contribution in [2.45, 2.75) is 41.5 Å². The van der Waals surface area contributed by atoms with E-state index in [1.807, 2.05) is 53.9 Å². The number of nitrogens with zero attached hydrogens (tertiary/aromatic N) is 4. The van der Waals surface area contributed by atoms with Gasteiger partial charge >= 0.3 is 0 Å². The average molecular weight is 750 g/mol. The van der Waals surface area contributed by atoms with E-state index in [-0.39, 0.29) is 78.9 Å². The predicted molar refractivity (Wildman–Crippen MR) is 194 cm³/mol. The molecule has 2 saturated heterocycles. The zero-order valence-corrected chi connectivity index (χ0v) is 29.9. The standard InChI is InChI=1S/C36H36FN5O6S3/c37-25-8-10-26(11-9-25)48-33-32(38)35(44)41(23-39-33)22-36(45)15-18-40(19-16-36)34(43)27-14-17-42(21-28(27)24-5-2-1-3-6-24)51(46,47)31-13-12-30(50-31)29-7-4-20-49-29/h1-13,20,23,27-28,45H,14-19,21-22,38H2/t27-,28+/m1/s1. The summed E-state index contributed by atoms with van der Waals surface area (Å²) in [5.41, 5.74) is 4.79. The highest BCUT2D eigenvalue weighted by atomic mass is 32.2. The molecule has 3 aromatic heterocycles. The SMILES string of the molecule is Nc1c(Oc2ccc(F)cc2)ncn(CC2(O)CCN(C(=O)[C@@H]3CCN(S(=O)(=O)c4ccc(-c5cccs5)s4)C[C@H]3c3ccccc3)CC2)c1=O. The third-order valence-electron chi connectivity index (χ3n) is 9.59. The van der Waals surface area contributed by atoms with Crippen LogP contribution in [-0.4, -0.2) is 70.0 Å². The third-order valence-corrected chi connectivity index (χ3v) is 14.1. The molecule has 0 unspecified atom stereocenters. The lowest BCUT2D eigenvalue weighted by Crippen LogP contribution is -2.53. The summed E-state index contributed by atoms with van der Waals surface area (Å²) < 4.78 is 49.6. The first-order chi connectivity index (χ1) is 24.5. The molecule has 11 nitrogen and oxygen atoms in total. The number of thiophene rings is 2. The topological polar surface area (TPSA) is 148 Å². The maximum atomic E-state index is 14.1. The highest BCUT2D eigenvalue weighted by Crippen LogP contribution is 2.40. The second kappa shape index (κ2) is 14.3. The molecule has 266 valence electrons. The number of amides is 1. The Balaban J connectivity index is 1.02. The van der Waals surface area contributed by atoms with Crippen molar-refractivity contribution < 1.29 is 27.4 Å². The molecule has 5 heterocycles. The number of hydrogen-bond acceptors (Lipinski definition) is 10. The average Bonchev–Trinajstić information content (AvgIpc) is 3.86. The molecule has 0 radical (unpaired) electrons. The Labute approximate surface area is 302 Å². The van der Waals surface area contributed by atoms with Gasteiger partial charge in [-0.25, -0.2) is 17.8 Å². The minimum absolute atomic E-state index is 0.0792. The minimum atomic E-state index is -3.78. The van der Waals surface area contributed by atoms with Crippen LogP contribution in [0.2, 0.25) is 0 Å². The maximum absolute atomic E-state index is 14.1. The highest BCUT2D eigenvalue weighted by molar-refractivity contribution is 7.91. The lowest BCUT2D eigenvalue weighted by molar-refractivity contribution is -0.142. The molecule has 7 rings (SSSR count). The number of carbonyl (C=O) groups excluding carboxylic acids is 1. The molecule has 2 aliphatic heterocycles. The summed E-state index contributed by atoms with van der Waals surface area (Å²) in [7, 11) is -3.78. The van der Waals surface area contributed by atoms with E-state index >= 15 is 0 Å². The van der Waals surface area contributed by atoms with Crippen LogP contribution in [0, 0.1) is 11.7 Å². The van der Waals surface area contributed by atoms with Crippen molar-refractivity contribution in [1.82, 2.24) is 18.8 Å². The van der Waals surface area contributed by atoms with E-state index in [1.54, 1.807) is 22.3 Å². The van der Waals surface area contributed by atoms with E-state index in [0.717, 1.165) is 15.3 Å². The molecule has 3 N–H and O–H groups in total. The number of piperidine rings is 2. The quantitative estimate of drug-likeness (QED) is 0.204. The fourth-order valence-electron chi connectivity index (χ4n) is 6.76. The van der Waals surface area contributed by atoms with Gasteiger partial charge in [0, 0.05) is 47.8 Å². The van der Waals surface area contributed by atoms with Crippen molar-refractivity contribution >= 4 is 44.3 Å². The Morgan fingerprint density at radius 1 is 1.00 bits per heavy atom. The molecule has 2 fully saturated rings. The number of hydrogen-bond donors (Lipinski definition) is 2. The zero-order valence-electron chi connectivity index (χ0n) is 27.4. The van der Waals surface area contributed by atoms with Crippen molar-refractivity contribution in [1.29, 1.82) is 0 Å².